The van der Waals surface area contributed by atoms with E-state index in [1.54, 1.807) is 6.92 Å². The highest BCUT2D eigenvalue weighted by molar-refractivity contribution is 5.89. The van der Waals surface area contributed by atoms with Gasteiger partial charge in [-0.25, -0.2) is 0 Å². The number of hydrogen-bond donors (Lipinski definition) is 2. The van der Waals surface area contributed by atoms with Crippen molar-refractivity contribution in [3.8, 4) is 0 Å². The molecule has 17 heavy (non-hydrogen) atoms. The van der Waals surface area contributed by atoms with Crippen molar-refractivity contribution in [1.29, 1.82) is 0 Å². The minimum absolute atomic E-state index is 0.190. The summed E-state index contributed by atoms with van der Waals surface area (Å²) in [6.07, 6.45) is 4.77. The van der Waals surface area contributed by atoms with Crippen LogP contribution >= 0.6 is 0 Å². The number of carboxylic acids is 1. The summed E-state index contributed by atoms with van der Waals surface area (Å²) >= 11 is 0. The zero-order valence-corrected chi connectivity index (χ0v) is 10.7. The van der Waals surface area contributed by atoms with Crippen LogP contribution in [0.3, 0.4) is 0 Å². The largest absolute Gasteiger partial charge is 0.481 e. The van der Waals surface area contributed by atoms with Gasteiger partial charge in [-0.3, -0.25) is 9.59 Å². The highest BCUT2D eigenvalue weighted by Crippen LogP contribution is 2.36. The molecule has 4 heteroatoms. The topological polar surface area (TPSA) is 66.4 Å². The SMILES string of the molecule is CC(C)=CC(=O)NC1CCCCC1(C)C(=O)O. The van der Waals surface area contributed by atoms with Gasteiger partial charge in [-0.2, -0.15) is 0 Å². The number of amides is 1. The van der Waals surface area contributed by atoms with Crippen molar-refractivity contribution in [2.75, 3.05) is 0 Å². The first-order valence-electron chi connectivity index (χ1n) is 6.05. The predicted octanol–water partition coefficient (Wildman–Crippen LogP) is 2.10. The van der Waals surface area contributed by atoms with Crippen LogP contribution in [0, 0.1) is 5.41 Å². The van der Waals surface area contributed by atoms with Crippen LogP contribution in [0.5, 0.6) is 0 Å². The van der Waals surface area contributed by atoms with E-state index in [2.05, 4.69) is 5.32 Å². The van der Waals surface area contributed by atoms with Crippen LogP contribution < -0.4 is 5.32 Å². The molecule has 2 N–H and O–H groups in total. The Morgan fingerprint density at radius 1 is 1.35 bits per heavy atom. The van der Waals surface area contributed by atoms with E-state index in [-0.39, 0.29) is 11.9 Å². The third-order valence-corrected chi connectivity index (χ3v) is 3.43. The van der Waals surface area contributed by atoms with Crippen molar-refractivity contribution in [2.45, 2.75) is 52.5 Å². The van der Waals surface area contributed by atoms with Crippen LogP contribution in [0.15, 0.2) is 11.6 Å². The van der Waals surface area contributed by atoms with Crippen molar-refractivity contribution in [1.82, 2.24) is 5.32 Å². The van der Waals surface area contributed by atoms with E-state index in [0.717, 1.165) is 24.8 Å². The Balaban J connectivity index is 2.76. The maximum absolute atomic E-state index is 11.7. The standard InChI is InChI=1S/C13H21NO3/c1-9(2)8-11(15)14-10-6-4-5-7-13(10,3)12(16)17/h8,10H,4-7H2,1-3H3,(H,14,15)(H,16,17). The zero-order chi connectivity index (χ0) is 13.1. The summed E-state index contributed by atoms with van der Waals surface area (Å²) < 4.78 is 0. The lowest BCUT2D eigenvalue weighted by Gasteiger charge is -2.38. The number of aliphatic carboxylic acids is 1. The van der Waals surface area contributed by atoms with E-state index in [0.29, 0.717) is 6.42 Å². The summed E-state index contributed by atoms with van der Waals surface area (Å²) in [5, 5.41) is 12.1. The Kier molecular flexibility index (Phi) is 4.32. The van der Waals surface area contributed by atoms with Gasteiger partial charge in [0.1, 0.15) is 0 Å². The molecule has 1 rings (SSSR count). The van der Waals surface area contributed by atoms with Crippen molar-refractivity contribution < 1.29 is 14.7 Å². The molecule has 0 radical (unpaired) electrons. The fourth-order valence-corrected chi connectivity index (χ4v) is 2.30. The summed E-state index contributed by atoms with van der Waals surface area (Å²) in [7, 11) is 0. The molecule has 4 nitrogen and oxygen atoms in total. The molecule has 2 unspecified atom stereocenters. The number of nitrogens with one attached hydrogen (secondary N) is 1. The molecule has 0 aromatic heterocycles. The number of carboxylic acid groups (broad SMARTS) is 1. The molecule has 1 aliphatic carbocycles. The second-order valence-electron chi connectivity index (χ2n) is 5.25. The van der Waals surface area contributed by atoms with Gasteiger partial charge in [0.25, 0.3) is 0 Å². The number of hydrogen-bond acceptors (Lipinski definition) is 2. The van der Waals surface area contributed by atoms with E-state index in [9.17, 15) is 14.7 Å². The molecule has 0 saturated heterocycles. The number of rotatable bonds is 3. The van der Waals surface area contributed by atoms with Crippen LogP contribution in [-0.4, -0.2) is 23.0 Å². The predicted molar refractivity (Wildman–Crippen MR) is 65.6 cm³/mol. The average molecular weight is 239 g/mol. The lowest BCUT2D eigenvalue weighted by molar-refractivity contribution is -0.151. The van der Waals surface area contributed by atoms with E-state index in [1.165, 1.54) is 6.08 Å². The van der Waals surface area contributed by atoms with Crippen LogP contribution in [-0.2, 0) is 9.59 Å². The van der Waals surface area contributed by atoms with Gasteiger partial charge in [0.05, 0.1) is 5.41 Å². The summed E-state index contributed by atoms with van der Waals surface area (Å²) in [6, 6.07) is -0.267. The molecule has 0 aromatic carbocycles. The average Bonchev–Trinajstić information content (AvgIpc) is 2.20. The summed E-state index contributed by atoms with van der Waals surface area (Å²) in [5.74, 6) is -1.01. The second kappa shape index (κ2) is 5.34. The fraction of sp³-hybridized carbons (Fsp3) is 0.692. The van der Waals surface area contributed by atoms with Crippen LogP contribution in [0.4, 0.5) is 0 Å². The van der Waals surface area contributed by atoms with Crippen LogP contribution in [0.1, 0.15) is 46.5 Å². The normalized spacial score (nSPS) is 28.3. The number of carbonyl (C=O) groups excluding carboxylic acids is 1. The van der Waals surface area contributed by atoms with Gasteiger partial charge in [0.2, 0.25) is 5.91 Å². The maximum atomic E-state index is 11.7. The quantitative estimate of drug-likeness (QED) is 0.741. The lowest BCUT2D eigenvalue weighted by Crippen LogP contribution is -2.51. The molecule has 0 spiro atoms. The molecule has 1 saturated carbocycles. The molecule has 1 amide bonds. The monoisotopic (exact) mass is 239 g/mol. The number of carbonyl (C=O) groups is 2. The van der Waals surface area contributed by atoms with E-state index >= 15 is 0 Å². The molecule has 0 aliphatic heterocycles. The van der Waals surface area contributed by atoms with Gasteiger partial charge in [0, 0.05) is 12.1 Å². The number of allylic oxidation sites excluding steroid dienone is 1. The Morgan fingerprint density at radius 3 is 2.53 bits per heavy atom. The Bertz CT molecular complexity index is 345. The summed E-state index contributed by atoms with van der Waals surface area (Å²) in [6.45, 7) is 5.41. The van der Waals surface area contributed by atoms with Gasteiger partial charge in [0.15, 0.2) is 0 Å². The molecular formula is C13H21NO3. The van der Waals surface area contributed by atoms with E-state index in [1.807, 2.05) is 13.8 Å². The zero-order valence-electron chi connectivity index (χ0n) is 10.7. The molecule has 0 heterocycles. The van der Waals surface area contributed by atoms with E-state index in [4.69, 9.17) is 0 Å². The van der Waals surface area contributed by atoms with Gasteiger partial charge in [-0.15, -0.1) is 0 Å². The van der Waals surface area contributed by atoms with Crippen molar-refractivity contribution in [2.24, 2.45) is 5.41 Å². The Hall–Kier alpha value is -1.32. The first-order valence-corrected chi connectivity index (χ1v) is 6.05. The Morgan fingerprint density at radius 2 is 2.00 bits per heavy atom. The highest BCUT2D eigenvalue weighted by atomic mass is 16.4. The highest BCUT2D eigenvalue weighted by Gasteiger charge is 2.43. The summed E-state index contributed by atoms with van der Waals surface area (Å²) in [4.78, 5) is 23.0. The minimum Gasteiger partial charge on any atom is -0.481 e. The lowest BCUT2D eigenvalue weighted by atomic mass is 9.71. The van der Waals surface area contributed by atoms with Gasteiger partial charge < -0.3 is 10.4 Å². The molecule has 0 aromatic rings. The third-order valence-electron chi connectivity index (χ3n) is 3.43. The van der Waals surface area contributed by atoms with E-state index < -0.39 is 11.4 Å². The third kappa shape index (κ3) is 3.32. The van der Waals surface area contributed by atoms with Crippen LogP contribution in [0.2, 0.25) is 0 Å². The molecule has 0 bridgehead atoms. The summed E-state index contributed by atoms with van der Waals surface area (Å²) in [5.41, 5.74) is 0.0824. The van der Waals surface area contributed by atoms with Crippen molar-refractivity contribution >= 4 is 11.9 Å². The van der Waals surface area contributed by atoms with Crippen molar-refractivity contribution in [3.63, 3.8) is 0 Å². The van der Waals surface area contributed by atoms with Gasteiger partial charge in [-0.05, 0) is 33.6 Å². The minimum atomic E-state index is -0.830. The molecule has 2 atom stereocenters. The first kappa shape index (κ1) is 13.7. The second-order valence-corrected chi connectivity index (χ2v) is 5.25. The van der Waals surface area contributed by atoms with Crippen LogP contribution in [0.25, 0.3) is 0 Å². The smallest absolute Gasteiger partial charge is 0.311 e. The Labute approximate surface area is 102 Å². The first-order chi connectivity index (χ1) is 7.86. The molecule has 1 fully saturated rings. The molecule has 96 valence electrons. The van der Waals surface area contributed by atoms with Crippen molar-refractivity contribution in [3.05, 3.63) is 11.6 Å². The fourth-order valence-electron chi connectivity index (χ4n) is 2.30. The van der Waals surface area contributed by atoms with Gasteiger partial charge in [-0.1, -0.05) is 18.4 Å². The van der Waals surface area contributed by atoms with Gasteiger partial charge >= 0.3 is 5.97 Å². The molecular weight excluding hydrogens is 218 g/mol. The molecule has 1 aliphatic rings. The maximum Gasteiger partial charge on any atom is 0.311 e.